The molecule has 5 nitrogen and oxygen atoms in total. The average Bonchev–Trinajstić information content (AvgIpc) is 2.17. The molecule has 88 valence electrons. The predicted molar refractivity (Wildman–Crippen MR) is 62.6 cm³/mol. The van der Waals surface area contributed by atoms with Crippen molar-refractivity contribution in [3.05, 3.63) is 33.9 Å². The number of nitro benzene ring substituents is 1. The van der Waals surface area contributed by atoms with Crippen LogP contribution in [0.4, 0.5) is 11.4 Å². The van der Waals surface area contributed by atoms with Gasteiger partial charge in [0.1, 0.15) is 0 Å². The molecule has 0 spiro atoms. The molecular formula is C11H16N2O3. The van der Waals surface area contributed by atoms with Gasteiger partial charge in [-0.25, -0.2) is 0 Å². The van der Waals surface area contributed by atoms with Crippen molar-refractivity contribution in [1.29, 1.82) is 0 Å². The third kappa shape index (κ3) is 3.20. The molecular weight excluding hydrogens is 208 g/mol. The second-order valence-corrected chi connectivity index (χ2v) is 3.82. The second kappa shape index (κ2) is 5.46. The molecule has 0 radical (unpaired) electrons. The van der Waals surface area contributed by atoms with Crippen LogP contribution in [0.2, 0.25) is 0 Å². The summed E-state index contributed by atoms with van der Waals surface area (Å²) in [4.78, 5) is 10.2. The summed E-state index contributed by atoms with van der Waals surface area (Å²) in [6, 6.07) is 5.06. The third-order valence-corrected chi connectivity index (χ3v) is 2.37. The van der Waals surface area contributed by atoms with Gasteiger partial charge in [0.05, 0.1) is 4.92 Å². The zero-order chi connectivity index (χ0) is 12.1. The molecule has 1 unspecified atom stereocenters. The van der Waals surface area contributed by atoms with Gasteiger partial charge in [-0.3, -0.25) is 10.1 Å². The van der Waals surface area contributed by atoms with E-state index in [1.807, 2.05) is 6.92 Å². The van der Waals surface area contributed by atoms with Crippen LogP contribution >= 0.6 is 0 Å². The lowest BCUT2D eigenvalue weighted by molar-refractivity contribution is -0.385. The molecule has 0 aliphatic rings. The van der Waals surface area contributed by atoms with Crippen LogP contribution < -0.4 is 5.32 Å². The first-order valence-corrected chi connectivity index (χ1v) is 5.17. The molecule has 0 aliphatic carbocycles. The molecule has 16 heavy (non-hydrogen) atoms. The van der Waals surface area contributed by atoms with E-state index in [1.54, 1.807) is 19.1 Å². The summed E-state index contributed by atoms with van der Waals surface area (Å²) >= 11 is 0. The largest absolute Gasteiger partial charge is 0.396 e. The lowest BCUT2D eigenvalue weighted by Crippen LogP contribution is -2.16. The van der Waals surface area contributed by atoms with Crippen molar-refractivity contribution < 1.29 is 10.0 Å². The highest BCUT2D eigenvalue weighted by Gasteiger charge is 2.10. The number of aliphatic hydroxyl groups excluding tert-OH is 1. The van der Waals surface area contributed by atoms with Crippen molar-refractivity contribution >= 4 is 11.4 Å². The Labute approximate surface area is 94.3 Å². The zero-order valence-corrected chi connectivity index (χ0v) is 9.43. The Morgan fingerprint density at radius 2 is 2.25 bits per heavy atom. The fraction of sp³-hybridized carbons (Fsp3) is 0.455. The summed E-state index contributed by atoms with van der Waals surface area (Å²) in [5, 5.41) is 22.5. The number of nitrogens with zero attached hydrogens (tertiary/aromatic N) is 1. The van der Waals surface area contributed by atoms with E-state index in [1.165, 1.54) is 6.07 Å². The molecule has 0 saturated heterocycles. The van der Waals surface area contributed by atoms with Gasteiger partial charge in [-0.05, 0) is 32.4 Å². The first kappa shape index (κ1) is 12.4. The fourth-order valence-corrected chi connectivity index (χ4v) is 1.50. The minimum absolute atomic E-state index is 0.125. The molecule has 1 atom stereocenters. The maximum absolute atomic E-state index is 10.6. The quantitative estimate of drug-likeness (QED) is 0.593. The highest BCUT2D eigenvalue weighted by molar-refractivity contribution is 5.53. The smallest absolute Gasteiger partial charge is 0.272 e. The summed E-state index contributed by atoms with van der Waals surface area (Å²) < 4.78 is 0. The van der Waals surface area contributed by atoms with Gasteiger partial charge in [0.15, 0.2) is 0 Å². The minimum atomic E-state index is -0.393. The molecule has 1 aromatic rings. The molecule has 0 bridgehead atoms. The first-order valence-electron chi connectivity index (χ1n) is 5.17. The molecule has 0 aliphatic heterocycles. The summed E-state index contributed by atoms with van der Waals surface area (Å²) in [5.74, 6) is 0. The van der Waals surface area contributed by atoms with Crippen molar-refractivity contribution in [3.8, 4) is 0 Å². The summed E-state index contributed by atoms with van der Waals surface area (Å²) in [7, 11) is 0. The van der Waals surface area contributed by atoms with E-state index in [9.17, 15) is 10.1 Å². The predicted octanol–water partition coefficient (Wildman–Crippen LogP) is 2.09. The standard InChI is InChI=1S/C11H16N2O3/c1-8-7-10(12-9(2)5-6-14)3-4-11(8)13(15)16/h3-4,7,9,12,14H,5-6H2,1-2H3. The topological polar surface area (TPSA) is 75.4 Å². The van der Waals surface area contributed by atoms with E-state index in [0.29, 0.717) is 12.0 Å². The number of benzene rings is 1. The molecule has 0 fully saturated rings. The number of nitro groups is 1. The van der Waals surface area contributed by atoms with Gasteiger partial charge in [0, 0.05) is 30.0 Å². The van der Waals surface area contributed by atoms with Crippen LogP contribution in [0.1, 0.15) is 18.9 Å². The maximum Gasteiger partial charge on any atom is 0.272 e. The molecule has 0 amide bonds. The summed E-state index contributed by atoms with van der Waals surface area (Å²) in [6.45, 7) is 3.78. The van der Waals surface area contributed by atoms with Crippen LogP contribution in [0.5, 0.6) is 0 Å². The van der Waals surface area contributed by atoms with Crippen LogP contribution in [0, 0.1) is 17.0 Å². The van der Waals surface area contributed by atoms with Crippen molar-refractivity contribution in [2.75, 3.05) is 11.9 Å². The summed E-state index contributed by atoms with van der Waals surface area (Å²) in [6.07, 6.45) is 0.649. The Balaban J connectivity index is 2.77. The van der Waals surface area contributed by atoms with E-state index in [2.05, 4.69) is 5.32 Å². The fourth-order valence-electron chi connectivity index (χ4n) is 1.50. The molecule has 1 aromatic carbocycles. The minimum Gasteiger partial charge on any atom is -0.396 e. The lowest BCUT2D eigenvalue weighted by Gasteiger charge is -2.14. The van der Waals surface area contributed by atoms with Crippen molar-refractivity contribution in [1.82, 2.24) is 0 Å². The number of anilines is 1. The van der Waals surface area contributed by atoms with Gasteiger partial charge in [0.2, 0.25) is 0 Å². The SMILES string of the molecule is Cc1cc(NC(C)CCO)ccc1[N+](=O)[O-]. The van der Waals surface area contributed by atoms with Gasteiger partial charge in [-0.1, -0.05) is 0 Å². The van der Waals surface area contributed by atoms with Crippen molar-refractivity contribution in [2.45, 2.75) is 26.3 Å². The van der Waals surface area contributed by atoms with Crippen LogP contribution in [0.3, 0.4) is 0 Å². The number of aryl methyl sites for hydroxylation is 1. The zero-order valence-electron chi connectivity index (χ0n) is 9.43. The third-order valence-electron chi connectivity index (χ3n) is 2.37. The Hall–Kier alpha value is -1.62. The Morgan fingerprint density at radius 1 is 1.56 bits per heavy atom. The van der Waals surface area contributed by atoms with Crippen molar-refractivity contribution in [3.63, 3.8) is 0 Å². The molecule has 0 heterocycles. The summed E-state index contributed by atoms with van der Waals surface area (Å²) in [5.41, 5.74) is 1.59. The van der Waals surface area contributed by atoms with Crippen LogP contribution in [-0.4, -0.2) is 22.7 Å². The molecule has 1 rings (SSSR count). The van der Waals surface area contributed by atoms with Gasteiger partial charge in [-0.2, -0.15) is 0 Å². The second-order valence-electron chi connectivity index (χ2n) is 3.82. The Kier molecular flexibility index (Phi) is 4.25. The molecule has 2 N–H and O–H groups in total. The van der Waals surface area contributed by atoms with Gasteiger partial charge < -0.3 is 10.4 Å². The van der Waals surface area contributed by atoms with E-state index in [0.717, 1.165) is 5.69 Å². The average molecular weight is 224 g/mol. The number of rotatable bonds is 5. The highest BCUT2D eigenvalue weighted by Crippen LogP contribution is 2.22. The number of nitrogens with one attached hydrogen (secondary N) is 1. The monoisotopic (exact) mass is 224 g/mol. The van der Waals surface area contributed by atoms with Gasteiger partial charge in [0.25, 0.3) is 5.69 Å². The van der Waals surface area contributed by atoms with Gasteiger partial charge >= 0.3 is 0 Å². The van der Waals surface area contributed by atoms with Crippen LogP contribution in [-0.2, 0) is 0 Å². The Bertz CT molecular complexity index is 379. The molecule has 0 aromatic heterocycles. The first-order chi connectivity index (χ1) is 7.54. The van der Waals surface area contributed by atoms with E-state index in [4.69, 9.17) is 5.11 Å². The van der Waals surface area contributed by atoms with Crippen LogP contribution in [0.25, 0.3) is 0 Å². The van der Waals surface area contributed by atoms with E-state index < -0.39 is 4.92 Å². The maximum atomic E-state index is 10.6. The molecule has 0 saturated carbocycles. The number of hydrogen-bond acceptors (Lipinski definition) is 4. The lowest BCUT2D eigenvalue weighted by atomic mass is 10.1. The van der Waals surface area contributed by atoms with Gasteiger partial charge in [-0.15, -0.1) is 0 Å². The van der Waals surface area contributed by atoms with E-state index >= 15 is 0 Å². The number of aliphatic hydroxyl groups is 1. The molecule has 5 heteroatoms. The van der Waals surface area contributed by atoms with Crippen molar-refractivity contribution in [2.24, 2.45) is 0 Å². The Morgan fingerprint density at radius 3 is 2.75 bits per heavy atom. The van der Waals surface area contributed by atoms with E-state index in [-0.39, 0.29) is 18.3 Å². The van der Waals surface area contributed by atoms with Crippen LogP contribution in [0.15, 0.2) is 18.2 Å². The number of hydrogen-bond donors (Lipinski definition) is 2. The highest BCUT2D eigenvalue weighted by atomic mass is 16.6. The normalized spacial score (nSPS) is 12.2.